The van der Waals surface area contributed by atoms with Crippen LogP contribution in [0.25, 0.3) is 0 Å². The molecule has 0 aliphatic carbocycles. The van der Waals surface area contributed by atoms with Gasteiger partial charge in [-0.2, -0.15) is 10.2 Å². The highest BCUT2D eigenvalue weighted by Crippen LogP contribution is 2.31. The number of nitriles is 1. The Morgan fingerprint density at radius 3 is 2.65 bits per heavy atom. The third-order valence-electron chi connectivity index (χ3n) is 3.88. The lowest BCUT2D eigenvalue weighted by Gasteiger charge is -2.13. The highest BCUT2D eigenvalue weighted by molar-refractivity contribution is 7.89. The molecule has 1 heterocycles. The number of halogens is 1. The Bertz CT molecular complexity index is 1250. The number of benzene rings is 2. The molecule has 0 amide bonds. The van der Waals surface area contributed by atoms with E-state index in [0.717, 1.165) is 6.20 Å². The Balaban J connectivity index is 1.83. The van der Waals surface area contributed by atoms with E-state index in [9.17, 15) is 12.8 Å². The molecule has 0 aliphatic heterocycles. The number of hydrogen-bond acceptors (Lipinski definition) is 9. The molecular formula is C19H17FN6O4S. The van der Waals surface area contributed by atoms with Crippen LogP contribution in [0.15, 0.2) is 53.6 Å². The molecule has 0 radical (unpaired) electrons. The molecular weight excluding hydrogens is 427 g/mol. The number of sulfonamides is 1. The summed E-state index contributed by atoms with van der Waals surface area (Å²) in [5.41, 5.74) is 0.797. The Labute approximate surface area is 177 Å². The Morgan fingerprint density at radius 1 is 1.16 bits per heavy atom. The third-order valence-corrected chi connectivity index (χ3v) is 4.79. The summed E-state index contributed by atoms with van der Waals surface area (Å²) in [5.74, 6) is -0.125. The van der Waals surface area contributed by atoms with Gasteiger partial charge in [-0.15, -0.1) is 0 Å². The second-order valence-electron chi connectivity index (χ2n) is 6.03. The zero-order chi connectivity index (χ0) is 22.4. The van der Waals surface area contributed by atoms with Gasteiger partial charge in [-0.25, -0.2) is 22.9 Å². The van der Waals surface area contributed by atoms with Crippen molar-refractivity contribution in [2.75, 3.05) is 24.4 Å². The van der Waals surface area contributed by atoms with Crippen molar-refractivity contribution in [3.8, 4) is 17.6 Å². The van der Waals surface area contributed by atoms with Crippen molar-refractivity contribution in [2.45, 2.75) is 4.90 Å². The minimum absolute atomic E-state index is 0.0245. The maximum atomic E-state index is 14.2. The van der Waals surface area contributed by atoms with Gasteiger partial charge in [0, 0.05) is 17.4 Å². The van der Waals surface area contributed by atoms with E-state index >= 15 is 0 Å². The fraction of sp³-hybridized carbons (Fsp3) is 0.105. The molecule has 0 fully saturated rings. The topological polar surface area (TPSA) is 152 Å². The highest BCUT2D eigenvalue weighted by Gasteiger charge is 2.12. The van der Waals surface area contributed by atoms with Gasteiger partial charge in [-0.3, -0.25) is 0 Å². The maximum Gasteiger partial charge on any atom is 0.238 e. The molecule has 3 aromatic rings. The lowest BCUT2D eigenvalue weighted by molar-refractivity contribution is 0.330. The van der Waals surface area contributed by atoms with Crippen LogP contribution in [0.2, 0.25) is 0 Å². The van der Waals surface area contributed by atoms with Gasteiger partial charge in [0.25, 0.3) is 0 Å². The number of methoxy groups -OCH3 is 1. The molecule has 0 unspecified atom stereocenters. The number of ether oxygens (including phenoxy) is 2. The first kappa shape index (κ1) is 21.8. The monoisotopic (exact) mass is 444 g/mol. The minimum atomic E-state index is -3.88. The van der Waals surface area contributed by atoms with Gasteiger partial charge in [-0.05, 0) is 30.3 Å². The lowest BCUT2D eigenvalue weighted by atomic mass is 10.2. The molecule has 10 nitrogen and oxygen atoms in total. The number of primary sulfonamides is 1. The van der Waals surface area contributed by atoms with Crippen LogP contribution < -0.4 is 25.2 Å². The molecule has 0 bridgehead atoms. The van der Waals surface area contributed by atoms with Crippen molar-refractivity contribution >= 4 is 33.2 Å². The van der Waals surface area contributed by atoms with Crippen LogP contribution in [-0.4, -0.2) is 32.1 Å². The Hall–Kier alpha value is -3.95. The number of nitrogens with one attached hydrogen (secondary N) is 2. The first-order chi connectivity index (χ1) is 14.8. The first-order valence-electron chi connectivity index (χ1n) is 8.67. The van der Waals surface area contributed by atoms with Crippen molar-refractivity contribution in [3.05, 3.63) is 54.5 Å². The highest BCUT2D eigenvalue weighted by atomic mass is 32.2. The SMILES string of the molecule is COc1cc(Nc2nc(Nc3cccc(S(N)(=O)=O)c3)ncc2F)ccc1OCC#N. The lowest BCUT2D eigenvalue weighted by Crippen LogP contribution is -2.12. The molecule has 12 heteroatoms. The summed E-state index contributed by atoms with van der Waals surface area (Å²) in [6.45, 7) is -0.147. The molecule has 0 spiro atoms. The predicted octanol–water partition coefficient (Wildman–Crippen LogP) is 2.66. The van der Waals surface area contributed by atoms with Crippen LogP contribution in [0.3, 0.4) is 0 Å². The zero-order valence-corrected chi connectivity index (χ0v) is 17.0. The number of nitrogens with two attached hydrogens (primary N) is 1. The molecule has 0 saturated carbocycles. The average Bonchev–Trinajstić information content (AvgIpc) is 2.74. The Morgan fingerprint density at radius 2 is 1.94 bits per heavy atom. The van der Waals surface area contributed by atoms with Crippen LogP contribution in [0.4, 0.5) is 27.5 Å². The quantitative estimate of drug-likeness (QED) is 0.476. The van der Waals surface area contributed by atoms with Crippen LogP contribution in [-0.2, 0) is 10.0 Å². The summed E-state index contributed by atoms with van der Waals surface area (Å²) in [5, 5.41) is 19.4. The van der Waals surface area contributed by atoms with Crippen molar-refractivity contribution in [3.63, 3.8) is 0 Å². The van der Waals surface area contributed by atoms with Gasteiger partial charge in [0.15, 0.2) is 29.7 Å². The normalized spacial score (nSPS) is 10.8. The largest absolute Gasteiger partial charge is 0.493 e. The molecule has 0 atom stereocenters. The maximum absolute atomic E-state index is 14.2. The van der Waals surface area contributed by atoms with Gasteiger partial charge in [0.05, 0.1) is 18.2 Å². The van der Waals surface area contributed by atoms with Crippen molar-refractivity contribution in [1.82, 2.24) is 9.97 Å². The summed E-state index contributed by atoms with van der Waals surface area (Å²) in [6, 6.07) is 12.3. The summed E-state index contributed by atoms with van der Waals surface area (Å²) in [4.78, 5) is 7.84. The van der Waals surface area contributed by atoms with E-state index in [1.165, 1.54) is 25.3 Å². The van der Waals surface area contributed by atoms with Crippen molar-refractivity contribution in [1.29, 1.82) is 5.26 Å². The Kier molecular flexibility index (Phi) is 6.49. The second-order valence-corrected chi connectivity index (χ2v) is 7.59. The van der Waals surface area contributed by atoms with E-state index in [0.29, 0.717) is 22.9 Å². The van der Waals surface area contributed by atoms with Crippen LogP contribution in [0, 0.1) is 17.1 Å². The molecule has 4 N–H and O–H groups in total. The predicted molar refractivity (Wildman–Crippen MR) is 110 cm³/mol. The smallest absolute Gasteiger partial charge is 0.238 e. The number of rotatable bonds is 8. The van der Waals surface area contributed by atoms with E-state index in [-0.39, 0.29) is 23.3 Å². The molecule has 31 heavy (non-hydrogen) atoms. The van der Waals surface area contributed by atoms with Crippen molar-refractivity contribution < 1.29 is 22.3 Å². The summed E-state index contributed by atoms with van der Waals surface area (Å²) >= 11 is 0. The number of anilines is 4. The van der Waals surface area contributed by atoms with Crippen LogP contribution >= 0.6 is 0 Å². The standard InChI is InChI=1S/C19H17FN6O4S/c1-29-17-10-13(5-6-16(17)30-8-7-21)24-18-15(20)11-23-19(26-18)25-12-3-2-4-14(9-12)31(22,27)28/h2-6,9-11H,8H2,1H3,(H2,22,27,28)(H2,23,24,25,26). The van der Waals surface area contributed by atoms with Crippen LogP contribution in [0.1, 0.15) is 0 Å². The van der Waals surface area contributed by atoms with E-state index in [1.54, 1.807) is 24.3 Å². The van der Waals surface area contributed by atoms with Gasteiger partial charge < -0.3 is 20.1 Å². The average molecular weight is 444 g/mol. The molecule has 1 aromatic heterocycles. The second kappa shape index (κ2) is 9.24. The van der Waals surface area contributed by atoms with E-state index in [1.807, 2.05) is 6.07 Å². The third kappa shape index (κ3) is 5.56. The first-order valence-corrected chi connectivity index (χ1v) is 10.2. The molecule has 3 rings (SSSR count). The molecule has 2 aromatic carbocycles. The number of hydrogen-bond donors (Lipinski definition) is 3. The summed E-state index contributed by atoms with van der Waals surface area (Å²) in [6.07, 6.45) is 0.961. The van der Waals surface area contributed by atoms with E-state index in [4.69, 9.17) is 19.9 Å². The fourth-order valence-corrected chi connectivity index (χ4v) is 3.07. The van der Waals surface area contributed by atoms with E-state index < -0.39 is 15.8 Å². The molecule has 0 aliphatic rings. The number of aromatic nitrogens is 2. The zero-order valence-electron chi connectivity index (χ0n) is 16.2. The van der Waals surface area contributed by atoms with E-state index in [2.05, 4.69) is 20.6 Å². The van der Waals surface area contributed by atoms with Gasteiger partial charge in [0.2, 0.25) is 16.0 Å². The van der Waals surface area contributed by atoms with Gasteiger partial charge >= 0.3 is 0 Å². The van der Waals surface area contributed by atoms with Crippen molar-refractivity contribution in [2.24, 2.45) is 5.14 Å². The molecule has 160 valence electrons. The number of nitrogens with zero attached hydrogens (tertiary/aromatic N) is 3. The van der Waals surface area contributed by atoms with Crippen LogP contribution in [0.5, 0.6) is 11.5 Å². The van der Waals surface area contributed by atoms with Gasteiger partial charge in [0.1, 0.15) is 6.07 Å². The summed E-state index contributed by atoms with van der Waals surface area (Å²) < 4.78 is 47.7. The summed E-state index contributed by atoms with van der Waals surface area (Å²) in [7, 11) is -2.45. The fourth-order valence-electron chi connectivity index (χ4n) is 2.51. The minimum Gasteiger partial charge on any atom is -0.493 e. The molecule has 0 saturated heterocycles. The van der Waals surface area contributed by atoms with Gasteiger partial charge in [-0.1, -0.05) is 6.07 Å².